The molecule has 0 fully saturated rings. The molecule has 2 nitrogen and oxygen atoms in total. The molecule has 3 heteroatoms. The molecular formula is C40H24N2S. The van der Waals surface area contributed by atoms with Gasteiger partial charge in [-0.1, -0.05) is 121 Å². The van der Waals surface area contributed by atoms with Crippen molar-refractivity contribution in [2.24, 2.45) is 0 Å². The first kappa shape index (κ1) is 24.2. The molecule has 0 saturated heterocycles. The third kappa shape index (κ3) is 3.86. The van der Waals surface area contributed by atoms with Crippen molar-refractivity contribution in [3.8, 4) is 33.4 Å². The number of rotatable bonds is 3. The van der Waals surface area contributed by atoms with E-state index in [2.05, 4.69) is 133 Å². The SMILES string of the molecule is c1ccc2c(c1)sc1c(-c3ccc(-c4ccc(-c5ccc6c7ccccc7c7nccnc7c6c5)cc4)cc3)cccc12. The van der Waals surface area contributed by atoms with Crippen molar-refractivity contribution >= 4 is 64.1 Å². The van der Waals surface area contributed by atoms with Crippen LogP contribution in [-0.2, 0) is 0 Å². The summed E-state index contributed by atoms with van der Waals surface area (Å²) in [6.45, 7) is 0. The minimum absolute atomic E-state index is 0.945. The summed E-state index contributed by atoms with van der Waals surface area (Å²) in [6, 6.07) is 48.4. The van der Waals surface area contributed by atoms with Crippen LogP contribution in [-0.4, -0.2) is 9.97 Å². The lowest BCUT2D eigenvalue weighted by Crippen LogP contribution is -1.89. The minimum Gasteiger partial charge on any atom is -0.252 e. The molecule has 0 aliphatic carbocycles. The van der Waals surface area contributed by atoms with Crippen LogP contribution in [0.3, 0.4) is 0 Å². The molecule has 0 bridgehead atoms. The lowest BCUT2D eigenvalue weighted by atomic mass is 9.94. The van der Waals surface area contributed by atoms with Gasteiger partial charge in [0, 0.05) is 43.3 Å². The van der Waals surface area contributed by atoms with Gasteiger partial charge in [0.1, 0.15) is 0 Å². The highest BCUT2D eigenvalue weighted by Crippen LogP contribution is 2.40. The van der Waals surface area contributed by atoms with Gasteiger partial charge in [-0.3, -0.25) is 9.97 Å². The Bertz CT molecular complexity index is 2450. The summed E-state index contributed by atoms with van der Waals surface area (Å²) in [6.07, 6.45) is 3.56. The summed E-state index contributed by atoms with van der Waals surface area (Å²) in [7, 11) is 0. The summed E-state index contributed by atoms with van der Waals surface area (Å²) < 4.78 is 2.69. The zero-order chi connectivity index (χ0) is 28.3. The predicted octanol–water partition coefficient (Wildman–Crippen LogP) is 11.3. The van der Waals surface area contributed by atoms with Crippen molar-refractivity contribution < 1.29 is 0 Å². The average molecular weight is 565 g/mol. The molecule has 0 aliphatic heterocycles. The van der Waals surface area contributed by atoms with Crippen molar-refractivity contribution in [1.82, 2.24) is 9.97 Å². The summed E-state index contributed by atoms with van der Waals surface area (Å²) >= 11 is 1.88. The van der Waals surface area contributed by atoms with E-state index in [1.54, 1.807) is 12.4 Å². The van der Waals surface area contributed by atoms with Crippen LogP contribution in [0.2, 0.25) is 0 Å². The first-order valence-corrected chi connectivity index (χ1v) is 15.3. The molecule has 0 N–H and O–H groups in total. The molecule has 0 spiro atoms. The van der Waals surface area contributed by atoms with E-state index in [0.29, 0.717) is 0 Å². The van der Waals surface area contributed by atoms with Gasteiger partial charge in [0.05, 0.1) is 11.0 Å². The number of fused-ring (bicyclic) bond motifs is 9. The molecule has 200 valence electrons. The first-order chi connectivity index (χ1) is 21.3. The largest absolute Gasteiger partial charge is 0.252 e. The molecule has 43 heavy (non-hydrogen) atoms. The van der Waals surface area contributed by atoms with Crippen LogP contribution in [0.1, 0.15) is 0 Å². The molecule has 2 aromatic heterocycles. The molecule has 9 aromatic rings. The standard InChI is InChI=1S/C40H24N2S/c1-2-8-34-31(6-1)32-21-20-29(24-36(32)39-38(34)41-22-23-42-39)27-14-12-25(13-15-27)26-16-18-28(19-17-26)30-9-5-10-35-33-7-3-4-11-37(33)43-40(30)35/h1-24H. The second-order valence-corrected chi connectivity index (χ2v) is 12.0. The third-order valence-corrected chi connectivity index (χ3v) is 9.82. The summed E-state index contributed by atoms with van der Waals surface area (Å²) in [5.74, 6) is 0. The maximum Gasteiger partial charge on any atom is 0.0971 e. The smallest absolute Gasteiger partial charge is 0.0971 e. The van der Waals surface area contributed by atoms with Gasteiger partial charge in [0.25, 0.3) is 0 Å². The van der Waals surface area contributed by atoms with Crippen molar-refractivity contribution in [3.63, 3.8) is 0 Å². The molecule has 0 unspecified atom stereocenters. The maximum atomic E-state index is 4.74. The van der Waals surface area contributed by atoms with E-state index in [1.807, 2.05) is 11.3 Å². The lowest BCUT2D eigenvalue weighted by Gasteiger charge is -2.11. The summed E-state index contributed by atoms with van der Waals surface area (Å²) in [4.78, 5) is 9.44. The van der Waals surface area contributed by atoms with Crippen LogP contribution in [0.5, 0.6) is 0 Å². The highest BCUT2D eigenvalue weighted by Gasteiger charge is 2.13. The number of hydrogen-bond donors (Lipinski definition) is 0. The van der Waals surface area contributed by atoms with Crippen LogP contribution in [0.4, 0.5) is 0 Å². The van der Waals surface area contributed by atoms with Crippen LogP contribution in [0, 0.1) is 0 Å². The van der Waals surface area contributed by atoms with Gasteiger partial charge in [0.15, 0.2) is 0 Å². The highest BCUT2D eigenvalue weighted by molar-refractivity contribution is 7.26. The second kappa shape index (κ2) is 9.59. The number of nitrogens with zero attached hydrogens (tertiary/aromatic N) is 2. The highest BCUT2D eigenvalue weighted by atomic mass is 32.1. The number of aromatic nitrogens is 2. The van der Waals surface area contributed by atoms with E-state index in [-0.39, 0.29) is 0 Å². The van der Waals surface area contributed by atoms with E-state index < -0.39 is 0 Å². The zero-order valence-corrected chi connectivity index (χ0v) is 24.0. The van der Waals surface area contributed by atoms with E-state index >= 15 is 0 Å². The van der Waals surface area contributed by atoms with Crippen LogP contribution >= 0.6 is 11.3 Å². The maximum absolute atomic E-state index is 4.74. The molecule has 0 amide bonds. The quantitative estimate of drug-likeness (QED) is 0.199. The zero-order valence-electron chi connectivity index (χ0n) is 23.2. The van der Waals surface area contributed by atoms with Gasteiger partial charge in [-0.05, 0) is 56.3 Å². The molecule has 0 saturated carbocycles. The lowest BCUT2D eigenvalue weighted by molar-refractivity contribution is 1.31. The number of thiophene rings is 1. The van der Waals surface area contributed by atoms with E-state index in [1.165, 1.54) is 64.3 Å². The fourth-order valence-electron chi connectivity index (χ4n) is 6.48. The summed E-state index contributed by atoms with van der Waals surface area (Å²) in [5, 5.41) is 7.35. The second-order valence-electron chi connectivity index (χ2n) is 11.0. The van der Waals surface area contributed by atoms with E-state index in [4.69, 9.17) is 9.97 Å². The number of hydrogen-bond acceptors (Lipinski definition) is 3. The van der Waals surface area contributed by atoms with Gasteiger partial charge in [-0.15, -0.1) is 11.3 Å². The molecule has 0 radical (unpaired) electrons. The number of benzene rings is 7. The Morgan fingerprint density at radius 1 is 0.372 bits per heavy atom. The Morgan fingerprint density at radius 3 is 1.65 bits per heavy atom. The minimum atomic E-state index is 0.945. The topological polar surface area (TPSA) is 25.8 Å². The van der Waals surface area contributed by atoms with Gasteiger partial charge in [-0.25, -0.2) is 0 Å². The van der Waals surface area contributed by atoms with Crippen molar-refractivity contribution in [2.45, 2.75) is 0 Å². The summed E-state index contributed by atoms with van der Waals surface area (Å²) in [5.41, 5.74) is 9.21. The Balaban J connectivity index is 1.07. The Morgan fingerprint density at radius 2 is 0.907 bits per heavy atom. The first-order valence-electron chi connectivity index (χ1n) is 14.5. The van der Waals surface area contributed by atoms with E-state index in [9.17, 15) is 0 Å². The van der Waals surface area contributed by atoms with Crippen LogP contribution in [0.15, 0.2) is 146 Å². The van der Waals surface area contributed by atoms with Crippen molar-refractivity contribution in [1.29, 1.82) is 0 Å². The fraction of sp³-hybridized carbons (Fsp3) is 0. The Kier molecular flexibility index (Phi) is 5.40. The predicted molar refractivity (Wildman–Crippen MR) is 184 cm³/mol. The van der Waals surface area contributed by atoms with Gasteiger partial charge < -0.3 is 0 Å². The van der Waals surface area contributed by atoms with Crippen molar-refractivity contribution in [3.05, 3.63) is 146 Å². The monoisotopic (exact) mass is 564 g/mol. The van der Waals surface area contributed by atoms with E-state index in [0.717, 1.165) is 21.8 Å². The molecule has 9 rings (SSSR count). The van der Waals surface area contributed by atoms with Crippen LogP contribution < -0.4 is 0 Å². The molecule has 7 aromatic carbocycles. The van der Waals surface area contributed by atoms with Gasteiger partial charge >= 0.3 is 0 Å². The average Bonchev–Trinajstić information content (AvgIpc) is 3.47. The molecular weight excluding hydrogens is 541 g/mol. The third-order valence-electron chi connectivity index (χ3n) is 8.60. The Labute approximate surface area is 252 Å². The fourth-order valence-corrected chi connectivity index (χ4v) is 7.72. The normalized spacial score (nSPS) is 11.7. The van der Waals surface area contributed by atoms with Crippen molar-refractivity contribution in [2.75, 3.05) is 0 Å². The van der Waals surface area contributed by atoms with Crippen LogP contribution in [0.25, 0.3) is 86.1 Å². The van der Waals surface area contributed by atoms with Gasteiger partial charge in [-0.2, -0.15) is 0 Å². The van der Waals surface area contributed by atoms with Gasteiger partial charge in [0.2, 0.25) is 0 Å². The molecule has 2 heterocycles. The molecule has 0 atom stereocenters. The molecule has 0 aliphatic rings. The Hall–Kier alpha value is -5.38.